The summed E-state index contributed by atoms with van der Waals surface area (Å²) in [6.07, 6.45) is 1.98. The summed E-state index contributed by atoms with van der Waals surface area (Å²) in [6, 6.07) is 4.19. The molecule has 2 aliphatic rings. The van der Waals surface area contributed by atoms with Crippen molar-refractivity contribution in [3.05, 3.63) is 35.0 Å². The molecule has 1 atom stereocenters. The van der Waals surface area contributed by atoms with Crippen molar-refractivity contribution in [3.8, 4) is 11.5 Å². The van der Waals surface area contributed by atoms with Crippen LogP contribution in [0.4, 0.5) is 4.79 Å². The topological polar surface area (TPSA) is 78.9 Å². The van der Waals surface area contributed by atoms with Crippen molar-refractivity contribution >= 4 is 11.8 Å². The molecule has 122 valence electrons. The molecule has 6 nitrogen and oxygen atoms in total. The molecule has 23 heavy (non-hydrogen) atoms. The Morgan fingerprint density at radius 3 is 2.87 bits per heavy atom. The lowest BCUT2D eigenvalue weighted by molar-refractivity contribution is -0.116. The molecular weight excluding hydrogens is 296 g/mol. The van der Waals surface area contributed by atoms with Gasteiger partial charge in [0.25, 0.3) is 0 Å². The van der Waals surface area contributed by atoms with E-state index in [0.29, 0.717) is 24.4 Å². The fourth-order valence-electron chi connectivity index (χ4n) is 3.17. The summed E-state index contributed by atoms with van der Waals surface area (Å²) in [6.45, 7) is 2.25. The molecule has 1 heterocycles. The minimum Gasteiger partial charge on any atom is -0.504 e. The van der Waals surface area contributed by atoms with Crippen LogP contribution < -0.4 is 10.1 Å². The molecule has 1 aromatic carbocycles. The number of aromatic hydroxyl groups is 1. The zero-order chi connectivity index (χ0) is 16.6. The number of allylic oxidation sites excluding steroid dienone is 1. The average Bonchev–Trinajstić information content (AvgIpc) is 2.53. The van der Waals surface area contributed by atoms with Gasteiger partial charge >= 0.3 is 6.03 Å². The molecule has 0 bridgehead atoms. The molecule has 0 radical (unpaired) electrons. The first-order valence-corrected chi connectivity index (χ1v) is 7.79. The Balaban J connectivity index is 2.07. The predicted octanol–water partition coefficient (Wildman–Crippen LogP) is 2.49. The van der Waals surface area contributed by atoms with E-state index < -0.39 is 6.04 Å². The molecule has 1 aliphatic carbocycles. The number of nitrogens with one attached hydrogen (secondary N) is 1. The fraction of sp³-hybridized carbons (Fsp3) is 0.412. The van der Waals surface area contributed by atoms with Gasteiger partial charge in [0, 0.05) is 24.7 Å². The zero-order valence-corrected chi connectivity index (χ0v) is 13.3. The van der Waals surface area contributed by atoms with Crippen LogP contribution in [-0.2, 0) is 4.79 Å². The van der Waals surface area contributed by atoms with Crippen LogP contribution in [0.2, 0.25) is 0 Å². The third-order valence-corrected chi connectivity index (χ3v) is 4.31. The molecule has 0 fully saturated rings. The van der Waals surface area contributed by atoms with E-state index in [1.54, 1.807) is 19.2 Å². The average molecular weight is 316 g/mol. The van der Waals surface area contributed by atoms with Crippen molar-refractivity contribution in [1.29, 1.82) is 0 Å². The molecule has 0 saturated heterocycles. The summed E-state index contributed by atoms with van der Waals surface area (Å²) in [5.41, 5.74) is 2.17. The van der Waals surface area contributed by atoms with Gasteiger partial charge in [-0.2, -0.15) is 0 Å². The lowest BCUT2D eigenvalue weighted by Crippen LogP contribution is -2.47. The van der Waals surface area contributed by atoms with Gasteiger partial charge in [0.15, 0.2) is 17.3 Å². The second-order valence-corrected chi connectivity index (χ2v) is 5.74. The molecule has 0 aromatic heterocycles. The molecule has 1 aromatic rings. The summed E-state index contributed by atoms with van der Waals surface area (Å²) >= 11 is 0. The quantitative estimate of drug-likeness (QED) is 0.898. The van der Waals surface area contributed by atoms with E-state index in [4.69, 9.17) is 4.74 Å². The Kier molecular flexibility index (Phi) is 3.98. The van der Waals surface area contributed by atoms with E-state index in [0.717, 1.165) is 24.1 Å². The van der Waals surface area contributed by atoms with E-state index in [1.165, 1.54) is 11.0 Å². The van der Waals surface area contributed by atoms with Crippen molar-refractivity contribution in [3.63, 3.8) is 0 Å². The number of Topliss-reactive ketones (excluding diaryl/α,β-unsaturated/α-hetero) is 1. The van der Waals surface area contributed by atoms with Gasteiger partial charge in [0.05, 0.1) is 12.6 Å². The summed E-state index contributed by atoms with van der Waals surface area (Å²) in [4.78, 5) is 26.2. The van der Waals surface area contributed by atoms with Gasteiger partial charge in [-0.25, -0.2) is 4.79 Å². The second kappa shape index (κ2) is 5.95. The number of hydrogen-bond donors (Lipinski definition) is 2. The largest absolute Gasteiger partial charge is 0.504 e. The van der Waals surface area contributed by atoms with Crippen LogP contribution in [0.3, 0.4) is 0 Å². The number of rotatable bonds is 3. The van der Waals surface area contributed by atoms with E-state index >= 15 is 0 Å². The number of ether oxygens (including phenoxy) is 1. The van der Waals surface area contributed by atoms with Crippen LogP contribution in [0.25, 0.3) is 0 Å². The van der Waals surface area contributed by atoms with Crippen LogP contribution in [0, 0.1) is 0 Å². The number of benzene rings is 1. The van der Waals surface area contributed by atoms with Crippen LogP contribution in [-0.4, -0.2) is 35.5 Å². The van der Waals surface area contributed by atoms with Gasteiger partial charge in [-0.1, -0.05) is 6.07 Å². The van der Waals surface area contributed by atoms with Crippen LogP contribution in [0.1, 0.15) is 37.8 Å². The lowest BCUT2D eigenvalue weighted by Gasteiger charge is -2.37. The minimum absolute atomic E-state index is 0.0408. The first-order valence-electron chi connectivity index (χ1n) is 7.79. The molecule has 1 aliphatic heterocycles. The number of ketones is 1. The lowest BCUT2D eigenvalue weighted by atomic mass is 9.85. The van der Waals surface area contributed by atoms with Crippen LogP contribution in [0.5, 0.6) is 11.5 Å². The Morgan fingerprint density at radius 1 is 1.35 bits per heavy atom. The van der Waals surface area contributed by atoms with Gasteiger partial charge < -0.3 is 20.1 Å². The number of hydrogen-bond acceptors (Lipinski definition) is 4. The summed E-state index contributed by atoms with van der Waals surface area (Å²) in [5.74, 6) is 0.455. The highest BCUT2D eigenvalue weighted by Gasteiger charge is 2.37. The number of amides is 2. The molecule has 2 amide bonds. The summed E-state index contributed by atoms with van der Waals surface area (Å²) < 4.78 is 5.40. The van der Waals surface area contributed by atoms with E-state index in [1.807, 2.05) is 6.92 Å². The third kappa shape index (κ3) is 2.65. The first-order chi connectivity index (χ1) is 11.0. The Hall–Kier alpha value is -2.50. The Morgan fingerprint density at radius 2 is 2.13 bits per heavy atom. The molecule has 6 heteroatoms. The number of phenols is 1. The summed E-state index contributed by atoms with van der Waals surface area (Å²) in [7, 11) is 1.68. The molecule has 0 unspecified atom stereocenters. The smallest absolute Gasteiger partial charge is 0.322 e. The number of carbonyl (C=O) groups excluding carboxylic acids is 2. The van der Waals surface area contributed by atoms with Gasteiger partial charge in [-0.05, 0) is 37.5 Å². The molecule has 3 rings (SSSR count). The molecule has 0 spiro atoms. The molecular formula is C17H20N2O4. The maximum atomic E-state index is 12.4. The highest BCUT2D eigenvalue weighted by molar-refractivity contribution is 6.00. The van der Waals surface area contributed by atoms with Gasteiger partial charge in [-0.3, -0.25) is 4.79 Å². The SMILES string of the molecule is CCOc1cc([C@H]2NC(=O)N(C)C3=C2C(=O)CCC3)ccc1O. The number of phenolic OH excluding ortho intramolecular Hbond substituents is 1. The Bertz CT molecular complexity index is 696. The highest BCUT2D eigenvalue weighted by Crippen LogP contribution is 2.38. The maximum Gasteiger partial charge on any atom is 0.322 e. The second-order valence-electron chi connectivity index (χ2n) is 5.74. The maximum absolute atomic E-state index is 12.4. The van der Waals surface area contributed by atoms with Crippen LogP contribution in [0.15, 0.2) is 29.5 Å². The molecule has 2 N–H and O–H groups in total. The zero-order valence-electron chi connectivity index (χ0n) is 13.3. The van der Waals surface area contributed by atoms with Crippen molar-refractivity contribution in [2.75, 3.05) is 13.7 Å². The van der Waals surface area contributed by atoms with Crippen molar-refractivity contribution in [1.82, 2.24) is 10.2 Å². The predicted molar refractivity (Wildman–Crippen MR) is 84.2 cm³/mol. The number of carbonyl (C=O) groups is 2. The summed E-state index contributed by atoms with van der Waals surface area (Å²) in [5, 5.41) is 12.7. The normalized spacial score (nSPS) is 21.1. The fourth-order valence-corrected chi connectivity index (χ4v) is 3.17. The number of nitrogens with zero attached hydrogens (tertiary/aromatic N) is 1. The van der Waals surface area contributed by atoms with Gasteiger partial charge in [0.1, 0.15) is 0 Å². The van der Waals surface area contributed by atoms with E-state index in [2.05, 4.69) is 5.32 Å². The van der Waals surface area contributed by atoms with Gasteiger partial charge in [0.2, 0.25) is 0 Å². The minimum atomic E-state index is -0.499. The first kappa shape index (κ1) is 15.4. The third-order valence-electron chi connectivity index (χ3n) is 4.31. The Labute approximate surface area is 134 Å². The van der Waals surface area contributed by atoms with Crippen molar-refractivity contribution < 1.29 is 19.4 Å². The van der Waals surface area contributed by atoms with E-state index in [-0.39, 0.29) is 17.6 Å². The van der Waals surface area contributed by atoms with Crippen molar-refractivity contribution in [2.24, 2.45) is 0 Å². The molecule has 0 saturated carbocycles. The monoisotopic (exact) mass is 316 g/mol. The number of urea groups is 1. The van der Waals surface area contributed by atoms with Crippen molar-refractivity contribution in [2.45, 2.75) is 32.2 Å². The van der Waals surface area contributed by atoms with Crippen LogP contribution >= 0.6 is 0 Å². The highest BCUT2D eigenvalue weighted by atomic mass is 16.5. The van der Waals surface area contributed by atoms with Gasteiger partial charge in [-0.15, -0.1) is 0 Å². The van der Waals surface area contributed by atoms with E-state index in [9.17, 15) is 14.7 Å². The standard InChI is InChI=1S/C17H20N2O4/c1-3-23-14-9-10(7-8-12(14)20)16-15-11(5-4-6-13(15)21)19(2)17(22)18-16/h7-9,16,20H,3-6H2,1-2H3,(H,18,22)/t16-/m1/s1.